The van der Waals surface area contributed by atoms with E-state index in [4.69, 9.17) is 0 Å². The summed E-state index contributed by atoms with van der Waals surface area (Å²) in [6.45, 7) is 2.72. The number of amides is 1. The van der Waals surface area contributed by atoms with Crippen LogP contribution in [0.5, 0.6) is 0 Å². The highest BCUT2D eigenvalue weighted by molar-refractivity contribution is 7.84. The molecule has 2 aromatic carbocycles. The number of anilines is 1. The van der Waals surface area contributed by atoms with Gasteiger partial charge in [-0.1, -0.05) is 17.7 Å². The summed E-state index contributed by atoms with van der Waals surface area (Å²) in [6, 6.07) is 13.2. The molecular weight excluding hydrogens is 322 g/mol. The zero-order valence-corrected chi connectivity index (χ0v) is 14.1. The highest BCUT2D eigenvalue weighted by atomic mass is 32.2. The molecule has 0 fully saturated rings. The number of aromatic nitrogens is 2. The van der Waals surface area contributed by atoms with Gasteiger partial charge in [-0.3, -0.25) is 9.00 Å². The van der Waals surface area contributed by atoms with Crippen LogP contribution >= 0.6 is 0 Å². The Morgan fingerprint density at radius 3 is 2.79 bits per heavy atom. The molecule has 1 atom stereocenters. The second-order valence-corrected chi connectivity index (χ2v) is 7.57. The van der Waals surface area contributed by atoms with Crippen molar-refractivity contribution in [3.8, 4) is 0 Å². The van der Waals surface area contributed by atoms with Crippen molar-refractivity contribution in [2.45, 2.75) is 19.2 Å². The van der Waals surface area contributed by atoms with Crippen LogP contribution in [0.1, 0.15) is 21.7 Å². The number of nitrogens with zero attached hydrogens (tertiary/aromatic N) is 2. The molecule has 1 amide bonds. The van der Waals surface area contributed by atoms with Gasteiger partial charge in [0.15, 0.2) is 0 Å². The SMILES string of the molecule is Cc1ccc(C(=O)Nc2ccc3c(c2)nc2n3CCS(=O)C2)cc1. The summed E-state index contributed by atoms with van der Waals surface area (Å²) in [5.74, 6) is 1.89. The largest absolute Gasteiger partial charge is 0.326 e. The monoisotopic (exact) mass is 339 g/mol. The lowest BCUT2D eigenvalue weighted by molar-refractivity contribution is 0.102. The Morgan fingerprint density at radius 2 is 2.00 bits per heavy atom. The van der Waals surface area contributed by atoms with Crippen molar-refractivity contribution in [3.05, 3.63) is 59.4 Å². The lowest BCUT2D eigenvalue weighted by Gasteiger charge is -2.13. The number of fused-ring (bicyclic) bond motifs is 3. The molecule has 1 aliphatic rings. The minimum Gasteiger partial charge on any atom is -0.326 e. The standard InChI is InChI=1S/C18H17N3O2S/c1-12-2-4-13(5-3-12)18(22)19-14-6-7-16-15(10-14)20-17-11-24(23)9-8-21(16)17/h2-7,10H,8-9,11H2,1H3,(H,19,22). The third-order valence-corrected chi connectivity index (χ3v) is 5.45. The van der Waals surface area contributed by atoms with Gasteiger partial charge < -0.3 is 9.88 Å². The Hall–Kier alpha value is -2.47. The molecule has 1 unspecified atom stereocenters. The molecule has 0 bridgehead atoms. The van der Waals surface area contributed by atoms with Crippen molar-refractivity contribution in [2.75, 3.05) is 11.1 Å². The number of imidazole rings is 1. The lowest BCUT2D eigenvalue weighted by Crippen LogP contribution is -2.19. The van der Waals surface area contributed by atoms with E-state index in [1.54, 1.807) is 0 Å². The van der Waals surface area contributed by atoms with Crippen molar-refractivity contribution in [1.82, 2.24) is 9.55 Å². The Labute approximate surface area is 142 Å². The van der Waals surface area contributed by atoms with Crippen LogP contribution < -0.4 is 5.32 Å². The number of benzene rings is 2. The molecule has 0 aliphatic carbocycles. The summed E-state index contributed by atoms with van der Waals surface area (Å²) in [7, 11) is -0.823. The molecule has 24 heavy (non-hydrogen) atoms. The van der Waals surface area contributed by atoms with E-state index >= 15 is 0 Å². The first-order chi connectivity index (χ1) is 11.6. The van der Waals surface area contributed by atoms with Gasteiger partial charge in [0.05, 0.1) is 16.8 Å². The van der Waals surface area contributed by atoms with Gasteiger partial charge in [-0.2, -0.15) is 0 Å². The van der Waals surface area contributed by atoms with Crippen molar-refractivity contribution < 1.29 is 9.00 Å². The number of carbonyl (C=O) groups excluding carboxylic acids is 1. The first kappa shape index (κ1) is 15.1. The van der Waals surface area contributed by atoms with Gasteiger partial charge in [0.1, 0.15) is 5.82 Å². The average Bonchev–Trinajstić information content (AvgIpc) is 2.91. The maximum atomic E-state index is 12.3. The highest BCUT2D eigenvalue weighted by Gasteiger charge is 2.19. The number of rotatable bonds is 2. The van der Waals surface area contributed by atoms with Gasteiger partial charge in [0.25, 0.3) is 5.91 Å². The molecular formula is C18H17N3O2S. The predicted molar refractivity (Wildman–Crippen MR) is 95.6 cm³/mol. The van der Waals surface area contributed by atoms with E-state index in [1.165, 1.54) is 0 Å². The molecule has 5 nitrogen and oxygen atoms in total. The molecule has 2 heterocycles. The van der Waals surface area contributed by atoms with Crippen molar-refractivity contribution in [1.29, 1.82) is 0 Å². The minimum atomic E-state index is -0.823. The van der Waals surface area contributed by atoms with Gasteiger partial charge in [0, 0.05) is 34.3 Å². The van der Waals surface area contributed by atoms with Gasteiger partial charge in [-0.15, -0.1) is 0 Å². The Balaban J connectivity index is 1.62. The van der Waals surface area contributed by atoms with Crippen LogP contribution in [0.4, 0.5) is 5.69 Å². The van der Waals surface area contributed by atoms with Crippen LogP contribution in [-0.4, -0.2) is 25.4 Å². The molecule has 1 aromatic heterocycles. The first-order valence-electron chi connectivity index (χ1n) is 7.82. The van der Waals surface area contributed by atoms with Gasteiger partial charge in [0.2, 0.25) is 0 Å². The van der Waals surface area contributed by atoms with Crippen LogP contribution in [0, 0.1) is 6.92 Å². The second-order valence-electron chi connectivity index (χ2n) is 5.99. The third-order valence-electron chi connectivity index (χ3n) is 4.23. The molecule has 122 valence electrons. The first-order valence-corrected chi connectivity index (χ1v) is 9.31. The molecule has 0 spiro atoms. The molecule has 6 heteroatoms. The molecule has 0 saturated carbocycles. The number of nitrogens with one attached hydrogen (secondary N) is 1. The van der Waals surface area contributed by atoms with E-state index in [2.05, 4.69) is 14.9 Å². The highest BCUT2D eigenvalue weighted by Crippen LogP contribution is 2.24. The summed E-state index contributed by atoms with van der Waals surface area (Å²) in [5, 5.41) is 2.91. The van der Waals surface area contributed by atoms with Crippen molar-refractivity contribution >= 4 is 33.4 Å². The zero-order valence-electron chi connectivity index (χ0n) is 13.3. The quantitative estimate of drug-likeness (QED) is 0.781. The fourth-order valence-electron chi connectivity index (χ4n) is 2.93. The summed E-state index contributed by atoms with van der Waals surface area (Å²) >= 11 is 0. The zero-order chi connectivity index (χ0) is 16.7. The fourth-order valence-corrected chi connectivity index (χ4v) is 3.97. The van der Waals surface area contributed by atoms with Crippen LogP contribution in [0.15, 0.2) is 42.5 Å². The van der Waals surface area contributed by atoms with E-state index in [0.29, 0.717) is 22.8 Å². The van der Waals surface area contributed by atoms with E-state index in [1.807, 2.05) is 49.4 Å². The predicted octanol–water partition coefficient (Wildman–Crippen LogP) is 2.86. The van der Waals surface area contributed by atoms with E-state index < -0.39 is 10.8 Å². The average molecular weight is 339 g/mol. The van der Waals surface area contributed by atoms with Crippen molar-refractivity contribution in [2.24, 2.45) is 0 Å². The summed E-state index contributed by atoms with van der Waals surface area (Å²) in [5.41, 5.74) is 4.31. The third kappa shape index (κ3) is 2.73. The number of carbonyl (C=O) groups is 1. The Morgan fingerprint density at radius 1 is 1.21 bits per heavy atom. The van der Waals surface area contributed by atoms with Crippen molar-refractivity contribution in [3.63, 3.8) is 0 Å². The van der Waals surface area contributed by atoms with E-state index in [0.717, 1.165) is 29.0 Å². The normalized spacial score (nSPS) is 16.8. The maximum absolute atomic E-state index is 12.3. The summed E-state index contributed by atoms with van der Waals surface area (Å²) in [6.07, 6.45) is 0. The summed E-state index contributed by atoms with van der Waals surface area (Å²) < 4.78 is 13.8. The smallest absolute Gasteiger partial charge is 0.255 e. The Bertz CT molecular complexity index is 960. The molecule has 4 rings (SSSR count). The van der Waals surface area contributed by atoms with Gasteiger partial charge in [-0.25, -0.2) is 4.98 Å². The number of aryl methyl sites for hydroxylation is 2. The topological polar surface area (TPSA) is 64.0 Å². The van der Waals surface area contributed by atoms with E-state index in [9.17, 15) is 9.00 Å². The molecule has 1 N–H and O–H groups in total. The van der Waals surface area contributed by atoms with Gasteiger partial charge >= 0.3 is 0 Å². The number of hydrogen-bond donors (Lipinski definition) is 1. The Kier molecular flexibility index (Phi) is 3.69. The van der Waals surface area contributed by atoms with Gasteiger partial charge in [-0.05, 0) is 37.3 Å². The summed E-state index contributed by atoms with van der Waals surface area (Å²) in [4.78, 5) is 16.9. The fraction of sp³-hybridized carbons (Fsp3) is 0.222. The second kappa shape index (κ2) is 5.87. The van der Waals surface area contributed by atoms with Crippen LogP contribution in [0.2, 0.25) is 0 Å². The molecule has 0 saturated heterocycles. The van der Waals surface area contributed by atoms with Crippen LogP contribution in [-0.2, 0) is 23.1 Å². The minimum absolute atomic E-state index is 0.139. The molecule has 3 aromatic rings. The lowest BCUT2D eigenvalue weighted by atomic mass is 10.1. The van der Waals surface area contributed by atoms with E-state index in [-0.39, 0.29) is 5.91 Å². The maximum Gasteiger partial charge on any atom is 0.255 e. The van der Waals surface area contributed by atoms with Crippen LogP contribution in [0.3, 0.4) is 0 Å². The van der Waals surface area contributed by atoms with Crippen LogP contribution in [0.25, 0.3) is 11.0 Å². The number of hydrogen-bond acceptors (Lipinski definition) is 3. The molecule has 1 aliphatic heterocycles. The molecule has 0 radical (unpaired) electrons.